The van der Waals surface area contributed by atoms with Gasteiger partial charge in [-0.25, -0.2) is 4.90 Å². The van der Waals surface area contributed by atoms with Gasteiger partial charge in [-0.2, -0.15) is 0 Å². The van der Waals surface area contributed by atoms with Crippen molar-refractivity contribution in [3.63, 3.8) is 0 Å². The van der Waals surface area contributed by atoms with E-state index in [1.807, 2.05) is 18.2 Å². The number of nitrogens with zero attached hydrogens (tertiary/aromatic N) is 1. The van der Waals surface area contributed by atoms with Gasteiger partial charge in [-0.3, -0.25) is 14.4 Å². The molecule has 3 aromatic rings. The Labute approximate surface area is 257 Å². The summed E-state index contributed by atoms with van der Waals surface area (Å²) in [7, 11) is 0. The fraction of sp³-hybridized carbons (Fsp3) is 0.281. The standard InChI is InChI=1S/C32H29ClN2O9/c1-18-12-22(4-6-25(18)35-31(38)23-5-3-21(33)16-24(23)32(35)39)34-30(37)28-14-20(15-29(44-28)41-11-10-40-9-8-36)19-2-7-26-27(13-19)43-17-42-26/h2-7,12-14,16,20,29,36H,8-11,15,17H2,1H3,(H,34,37). The molecule has 0 radical (unpaired) electrons. The fourth-order valence-electron chi connectivity index (χ4n) is 5.31. The van der Waals surface area contributed by atoms with Crippen molar-refractivity contribution in [2.75, 3.05) is 43.4 Å². The summed E-state index contributed by atoms with van der Waals surface area (Å²) in [6.45, 7) is 2.46. The third kappa shape index (κ3) is 6.00. The number of anilines is 2. The van der Waals surface area contributed by atoms with E-state index in [1.165, 1.54) is 12.1 Å². The zero-order chi connectivity index (χ0) is 30.8. The largest absolute Gasteiger partial charge is 0.459 e. The van der Waals surface area contributed by atoms with E-state index in [1.54, 1.807) is 37.3 Å². The van der Waals surface area contributed by atoms with Crippen LogP contribution >= 0.6 is 11.6 Å². The number of aliphatic hydroxyl groups excluding tert-OH is 1. The first-order chi connectivity index (χ1) is 21.3. The Morgan fingerprint density at radius 1 is 1.00 bits per heavy atom. The zero-order valence-corrected chi connectivity index (χ0v) is 24.5. The number of carbonyl (C=O) groups excluding carboxylic acids is 3. The minimum Gasteiger partial charge on any atom is -0.459 e. The van der Waals surface area contributed by atoms with Gasteiger partial charge in [-0.05, 0) is 72.7 Å². The molecule has 3 aliphatic heterocycles. The van der Waals surface area contributed by atoms with Crippen molar-refractivity contribution in [1.82, 2.24) is 0 Å². The molecule has 0 spiro atoms. The molecule has 0 aliphatic carbocycles. The fourth-order valence-corrected chi connectivity index (χ4v) is 5.48. The number of nitrogens with one attached hydrogen (secondary N) is 1. The maximum atomic E-state index is 13.4. The molecule has 44 heavy (non-hydrogen) atoms. The number of fused-ring (bicyclic) bond motifs is 2. The van der Waals surface area contributed by atoms with E-state index in [-0.39, 0.29) is 56.0 Å². The lowest BCUT2D eigenvalue weighted by molar-refractivity contribution is -0.148. The maximum absolute atomic E-state index is 13.4. The lowest BCUT2D eigenvalue weighted by Crippen LogP contribution is -2.31. The molecular formula is C32H29ClN2O9. The average molecular weight is 621 g/mol. The van der Waals surface area contributed by atoms with Crippen molar-refractivity contribution in [1.29, 1.82) is 0 Å². The molecule has 228 valence electrons. The monoisotopic (exact) mass is 620 g/mol. The third-order valence-electron chi connectivity index (χ3n) is 7.42. The van der Waals surface area contributed by atoms with Crippen molar-refractivity contribution >= 4 is 40.7 Å². The first kappa shape index (κ1) is 29.6. The maximum Gasteiger partial charge on any atom is 0.290 e. The Kier molecular flexibility index (Phi) is 8.53. The molecular weight excluding hydrogens is 592 g/mol. The normalized spacial score (nSPS) is 18.6. The first-order valence-corrected chi connectivity index (χ1v) is 14.4. The topological polar surface area (TPSA) is 133 Å². The molecule has 3 heterocycles. The number of carbonyl (C=O) groups is 3. The molecule has 3 aromatic carbocycles. The molecule has 11 nitrogen and oxygen atoms in total. The molecule has 0 aromatic heterocycles. The SMILES string of the molecule is Cc1cc(NC(=O)C2=CC(c3ccc4c(c3)OCO4)CC(OCCOCCO)O2)ccc1N1C(=O)c2ccc(Cl)cc2C1=O. The molecule has 0 saturated heterocycles. The van der Waals surface area contributed by atoms with Gasteiger partial charge >= 0.3 is 0 Å². The summed E-state index contributed by atoms with van der Waals surface area (Å²) >= 11 is 6.04. The van der Waals surface area contributed by atoms with Gasteiger partial charge in [0.1, 0.15) is 0 Å². The van der Waals surface area contributed by atoms with Crippen LogP contribution < -0.4 is 19.7 Å². The zero-order valence-electron chi connectivity index (χ0n) is 23.7. The highest BCUT2D eigenvalue weighted by Crippen LogP contribution is 2.39. The molecule has 0 fully saturated rings. The van der Waals surface area contributed by atoms with Crippen LogP contribution in [0.2, 0.25) is 5.02 Å². The van der Waals surface area contributed by atoms with Crippen molar-refractivity contribution in [3.05, 3.63) is 93.7 Å². The van der Waals surface area contributed by atoms with Crippen LogP contribution in [0.15, 0.2) is 66.4 Å². The molecule has 0 bridgehead atoms. The molecule has 6 rings (SSSR count). The van der Waals surface area contributed by atoms with Gasteiger partial charge in [0, 0.05) is 23.0 Å². The summed E-state index contributed by atoms with van der Waals surface area (Å²) in [5.41, 5.74) is 2.87. The van der Waals surface area contributed by atoms with E-state index >= 15 is 0 Å². The molecule has 2 unspecified atom stereocenters. The second-order valence-corrected chi connectivity index (χ2v) is 10.8. The molecule has 3 amide bonds. The second-order valence-electron chi connectivity index (χ2n) is 10.3. The van der Waals surface area contributed by atoms with E-state index in [9.17, 15) is 14.4 Å². The Morgan fingerprint density at radius 2 is 1.82 bits per heavy atom. The van der Waals surface area contributed by atoms with Crippen molar-refractivity contribution < 1.29 is 43.2 Å². The van der Waals surface area contributed by atoms with Crippen LogP contribution in [0.5, 0.6) is 11.5 Å². The van der Waals surface area contributed by atoms with E-state index < -0.39 is 24.0 Å². The van der Waals surface area contributed by atoms with Crippen molar-refractivity contribution in [3.8, 4) is 11.5 Å². The second kappa shape index (κ2) is 12.7. The van der Waals surface area contributed by atoms with Crippen LogP contribution in [-0.4, -0.2) is 62.3 Å². The van der Waals surface area contributed by atoms with E-state index in [2.05, 4.69) is 5.32 Å². The molecule has 3 aliphatic rings. The predicted octanol–water partition coefficient (Wildman–Crippen LogP) is 4.56. The molecule has 2 atom stereocenters. The Balaban J connectivity index is 1.19. The number of benzene rings is 3. The van der Waals surface area contributed by atoms with Gasteiger partial charge in [0.2, 0.25) is 13.1 Å². The number of aryl methyl sites for hydroxylation is 1. The average Bonchev–Trinajstić information content (AvgIpc) is 3.58. The van der Waals surface area contributed by atoms with Gasteiger partial charge in [-0.15, -0.1) is 0 Å². The molecule has 12 heteroatoms. The van der Waals surface area contributed by atoms with Gasteiger partial charge in [0.15, 0.2) is 17.3 Å². The lowest BCUT2D eigenvalue weighted by atomic mass is 9.92. The summed E-state index contributed by atoms with van der Waals surface area (Å²) < 4.78 is 28.0. The van der Waals surface area contributed by atoms with E-state index in [0.717, 1.165) is 10.5 Å². The number of imide groups is 1. The number of aliphatic hydroxyl groups is 1. The summed E-state index contributed by atoms with van der Waals surface area (Å²) in [5.74, 6) is -0.281. The number of allylic oxidation sites excluding steroid dienone is 1. The van der Waals surface area contributed by atoms with E-state index in [0.29, 0.717) is 39.9 Å². The predicted molar refractivity (Wildman–Crippen MR) is 159 cm³/mol. The van der Waals surface area contributed by atoms with Crippen molar-refractivity contribution in [2.24, 2.45) is 0 Å². The quantitative estimate of drug-likeness (QED) is 0.247. The highest BCUT2D eigenvalue weighted by molar-refractivity contribution is 6.37. The van der Waals surface area contributed by atoms with Crippen LogP contribution in [0.3, 0.4) is 0 Å². The number of hydrogen-bond donors (Lipinski definition) is 2. The highest BCUT2D eigenvalue weighted by atomic mass is 35.5. The van der Waals surface area contributed by atoms with Gasteiger partial charge in [0.05, 0.1) is 43.2 Å². The van der Waals surface area contributed by atoms with Crippen LogP contribution in [0.1, 0.15) is 44.2 Å². The Morgan fingerprint density at radius 3 is 2.64 bits per heavy atom. The number of amides is 3. The highest BCUT2D eigenvalue weighted by Gasteiger charge is 2.37. The third-order valence-corrected chi connectivity index (χ3v) is 7.65. The van der Waals surface area contributed by atoms with E-state index in [4.69, 9.17) is 40.4 Å². The Bertz CT molecular complexity index is 1660. The Hall–Kier alpha value is -4.42. The number of rotatable bonds is 10. The minimum atomic E-state index is -0.736. The van der Waals surface area contributed by atoms with Crippen LogP contribution in [-0.2, 0) is 19.0 Å². The van der Waals surface area contributed by atoms with Crippen LogP contribution in [0.25, 0.3) is 0 Å². The summed E-state index contributed by atoms with van der Waals surface area (Å²) in [6.07, 6.45) is 1.44. The molecule has 2 N–H and O–H groups in total. The van der Waals surface area contributed by atoms with Gasteiger partial charge in [0.25, 0.3) is 17.7 Å². The van der Waals surface area contributed by atoms with Crippen LogP contribution in [0, 0.1) is 6.92 Å². The molecule has 0 saturated carbocycles. The number of hydrogen-bond acceptors (Lipinski definition) is 9. The lowest BCUT2D eigenvalue weighted by Gasteiger charge is -2.29. The first-order valence-electron chi connectivity index (χ1n) is 14.0. The van der Waals surface area contributed by atoms with Crippen molar-refractivity contribution in [2.45, 2.75) is 25.6 Å². The van der Waals surface area contributed by atoms with Gasteiger partial charge in [-0.1, -0.05) is 17.7 Å². The number of ether oxygens (including phenoxy) is 5. The summed E-state index contributed by atoms with van der Waals surface area (Å²) in [4.78, 5) is 40.6. The van der Waals surface area contributed by atoms with Gasteiger partial charge < -0.3 is 34.1 Å². The summed E-state index contributed by atoms with van der Waals surface area (Å²) in [6, 6.07) is 15.1. The minimum absolute atomic E-state index is 0.0687. The summed E-state index contributed by atoms with van der Waals surface area (Å²) in [5, 5.41) is 12.1. The smallest absolute Gasteiger partial charge is 0.290 e. The van der Waals surface area contributed by atoms with Crippen LogP contribution in [0.4, 0.5) is 11.4 Å². The number of halogens is 1.